The summed E-state index contributed by atoms with van der Waals surface area (Å²) in [5.74, 6) is 0.351. The highest BCUT2D eigenvalue weighted by atomic mass is 32.2. The molecule has 2 aromatic heterocycles. The summed E-state index contributed by atoms with van der Waals surface area (Å²) in [7, 11) is 1.59. The maximum absolute atomic E-state index is 13.8. The first-order chi connectivity index (χ1) is 17.4. The van der Waals surface area contributed by atoms with Gasteiger partial charge in [0.15, 0.2) is 11.6 Å². The summed E-state index contributed by atoms with van der Waals surface area (Å²) in [6.07, 6.45) is 5.12. The van der Waals surface area contributed by atoms with Crippen LogP contribution in [0.3, 0.4) is 0 Å². The minimum atomic E-state index is -0.824. The van der Waals surface area contributed by atoms with Crippen LogP contribution in [0.4, 0.5) is 4.39 Å². The largest absolute Gasteiger partial charge is 0.497 e. The van der Waals surface area contributed by atoms with Gasteiger partial charge in [-0.2, -0.15) is 0 Å². The number of rotatable bonds is 11. The Morgan fingerprint density at radius 3 is 2.83 bits per heavy atom. The van der Waals surface area contributed by atoms with Crippen molar-refractivity contribution < 1.29 is 23.8 Å². The van der Waals surface area contributed by atoms with Crippen LogP contribution >= 0.6 is 11.8 Å². The molecule has 4 rings (SSSR count). The molecule has 0 saturated carbocycles. The third kappa shape index (κ3) is 6.59. The van der Waals surface area contributed by atoms with Crippen molar-refractivity contribution in [1.29, 1.82) is 0 Å². The first kappa shape index (κ1) is 26.0. The van der Waals surface area contributed by atoms with Gasteiger partial charge >= 0.3 is 5.97 Å². The van der Waals surface area contributed by atoms with Crippen LogP contribution in [0.5, 0.6) is 5.75 Å². The number of aromatic nitrogens is 2. The number of methoxy groups -OCH3 is 1. The molecule has 1 N–H and O–H groups in total. The molecule has 2 unspecified atom stereocenters. The summed E-state index contributed by atoms with van der Waals surface area (Å²) in [6.45, 7) is 2.22. The van der Waals surface area contributed by atoms with Crippen LogP contribution in [0.15, 0.2) is 53.8 Å². The van der Waals surface area contributed by atoms with Gasteiger partial charge in [-0.25, -0.2) is 9.37 Å². The number of fused-ring (bicyclic) bond motifs is 1. The van der Waals surface area contributed by atoms with Gasteiger partial charge in [0.1, 0.15) is 10.8 Å². The Morgan fingerprint density at radius 2 is 2.06 bits per heavy atom. The molecule has 7 nitrogen and oxygen atoms in total. The molecule has 1 fully saturated rings. The molecule has 190 valence electrons. The van der Waals surface area contributed by atoms with E-state index in [4.69, 9.17) is 4.74 Å². The van der Waals surface area contributed by atoms with Gasteiger partial charge in [-0.15, -0.1) is 11.8 Å². The predicted molar refractivity (Wildman–Crippen MR) is 137 cm³/mol. The predicted octanol–water partition coefficient (Wildman–Crippen LogP) is 4.95. The highest BCUT2D eigenvalue weighted by molar-refractivity contribution is 7.99. The van der Waals surface area contributed by atoms with Crippen LogP contribution in [0, 0.1) is 17.7 Å². The molecule has 0 bridgehead atoms. The van der Waals surface area contributed by atoms with Gasteiger partial charge in [-0.05, 0) is 67.6 Å². The molecular weight excluding hydrogens is 481 g/mol. The molecule has 1 saturated heterocycles. The smallest absolute Gasteiger partial charge is 0.303 e. The van der Waals surface area contributed by atoms with Crippen molar-refractivity contribution >= 4 is 34.4 Å². The number of carboxylic acids is 1. The van der Waals surface area contributed by atoms with E-state index in [1.165, 1.54) is 17.8 Å². The van der Waals surface area contributed by atoms with Gasteiger partial charge in [0, 0.05) is 55.0 Å². The van der Waals surface area contributed by atoms with Crippen molar-refractivity contribution in [2.45, 2.75) is 30.7 Å². The first-order valence-electron chi connectivity index (χ1n) is 12.1. The quantitative estimate of drug-likeness (QED) is 0.286. The number of aliphatic carboxylic acids is 1. The Morgan fingerprint density at radius 1 is 1.19 bits per heavy atom. The van der Waals surface area contributed by atoms with E-state index in [-0.39, 0.29) is 29.9 Å². The summed E-state index contributed by atoms with van der Waals surface area (Å²) in [5.41, 5.74) is 1.35. The van der Waals surface area contributed by atoms with E-state index >= 15 is 0 Å². The molecule has 0 aliphatic carbocycles. The van der Waals surface area contributed by atoms with Gasteiger partial charge in [0.05, 0.1) is 12.6 Å². The topological polar surface area (TPSA) is 92.6 Å². The zero-order chi connectivity index (χ0) is 25.5. The second-order valence-electron chi connectivity index (χ2n) is 9.05. The molecule has 0 amide bonds. The summed E-state index contributed by atoms with van der Waals surface area (Å²) in [5, 5.41) is 10.6. The summed E-state index contributed by atoms with van der Waals surface area (Å²) in [6, 6.07) is 10.2. The number of nitrogens with zero attached hydrogens (tertiary/aromatic N) is 3. The molecular formula is C27H30FN3O4S. The number of thioether (sulfide) groups is 1. The van der Waals surface area contributed by atoms with E-state index in [9.17, 15) is 19.1 Å². The summed E-state index contributed by atoms with van der Waals surface area (Å²) in [4.78, 5) is 35.4. The Hall–Kier alpha value is -3.04. The molecule has 36 heavy (non-hydrogen) atoms. The second-order valence-corrected chi connectivity index (χ2v) is 10.1. The second kappa shape index (κ2) is 12.3. The van der Waals surface area contributed by atoms with E-state index in [1.54, 1.807) is 31.6 Å². The van der Waals surface area contributed by atoms with Gasteiger partial charge in [0.2, 0.25) is 0 Å². The number of benzene rings is 1. The zero-order valence-electron chi connectivity index (χ0n) is 20.2. The number of piperidine rings is 1. The Bertz CT molecular complexity index is 1220. The maximum atomic E-state index is 13.8. The van der Waals surface area contributed by atoms with E-state index in [0.29, 0.717) is 41.5 Å². The number of carbonyl (C=O) groups excluding carboxylic acids is 1. The number of Topliss-reactive ketones (excluding diaryl/α,β-unsaturated/α-hetero) is 1. The number of carboxylic acid groups (broad SMARTS) is 1. The molecule has 1 aliphatic rings. The zero-order valence-corrected chi connectivity index (χ0v) is 21.0. The molecule has 1 aromatic carbocycles. The molecule has 1 aliphatic heterocycles. The Labute approximate surface area is 214 Å². The maximum Gasteiger partial charge on any atom is 0.303 e. The standard InChI is InChI=1S/C27H30FN3O4S/c1-35-20-5-6-24-22(16-20)21(8-11-29-24)25(32)7-4-18-9-12-31(17-19(18)15-26(33)34)13-14-36-27-23(28)3-2-10-30-27/h2-3,5-6,8,10-11,16,18-19H,4,7,9,12-15,17H2,1H3,(H,33,34). The number of hydrogen-bond donors (Lipinski definition) is 1. The summed E-state index contributed by atoms with van der Waals surface area (Å²) >= 11 is 1.37. The monoisotopic (exact) mass is 511 g/mol. The van der Waals surface area contributed by atoms with Gasteiger partial charge < -0.3 is 14.7 Å². The Kier molecular flexibility index (Phi) is 8.88. The number of pyridine rings is 2. The van der Waals surface area contributed by atoms with Crippen LogP contribution in [0.1, 0.15) is 36.0 Å². The lowest BCUT2D eigenvalue weighted by atomic mass is 9.79. The van der Waals surface area contributed by atoms with Gasteiger partial charge in [-0.3, -0.25) is 14.6 Å². The number of ether oxygens (including phenoxy) is 1. The van der Waals surface area contributed by atoms with Crippen molar-refractivity contribution in [1.82, 2.24) is 14.9 Å². The average molecular weight is 512 g/mol. The van der Waals surface area contributed by atoms with E-state index in [2.05, 4.69) is 14.9 Å². The van der Waals surface area contributed by atoms with Crippen LogP contribution in [-0.2, 0) is 4.79 Å². The fourth-order valence-corrected chi connectivity index (χ4v) is 5.77. The lowest BCUT2D eigenvalue weighted by molar-refractivity contribution is -0.139. The van der Waals surface area contributed by atoms with Crippen molar-refractivity contribution in [2.75, 3.05) is 32.5 Å². The fourth-order valence-electron chi connectivity index (χ4n) is 4.89. The van der Waals surface area contributed by atoms with Crippen LogP contribution < -0.4 is 4.74 Å². The van der Waals surface area contributed by atoms with Gasteiger partial charge in [0.25, 0.3) is 0 Å². The number of likely N-dealkylation sites (tertiary alicyclic amines) is 1. The first-order valence-corrected chi connectivity index (χ1v) is 13.1. The third-order valence-corrected chi connectivity index (χ3v) is 7.74. The number of carbonyl (C=O) groups is 2. The lowest BCUT2D eigenvalue weighted by Gasteiger charge is -2.38. The Balaban J connectivity index is 1.35. The van der Waals surface area contributed by atoms with E-state index in [0.717, 1.165) is 30.4 Å². The van der Waals surface area contributed by atoms with Crippen LogP contribution in [0.2, 0.25) is 0 Å². The minimum Gasteiger partial charge on any atom is -0.497 e. The summed E-state index contributed by atoms with van der Waals surface area (Å²) < 4.78 is 19.1. The third-order valence-electron chi connectivity index (χ3n) is 6.77. The average Bonchev–Trinajstić information content (AvgIpc) is 2.88. The van der Waals surface area contributed by atoms with Crippen molar-refractivity contribution in [3.05, 3.63) is 60.2 Å². The number of ketones is 1. The minimum absolute atomic E-state index is 0.0287. The molecule has 2 atom stereocenters. The number of hydrogen-bond acceptors (Lipinski definition) is 7. The van der Waals surface area contributed by atoms with E-state index < -0.39 is 5.97 Å². The molecule has 0 spiro atoms. The highest BCUT2D eigenvalue weighted by Crippen LogP contribution is 2.32. The molecule has 0 radical (unpaired) electrons. The van der Waals surface area contributed by atoms with Crippen molar-refractivity contribution in [3.8, 4) is 5.75 Å². The fraction of sp³-hybridized carbons (Fsp3) is 0.407. The molecule has 9 heteroatoms. The van der Waals surface area contributed by atoms with Crippen molar-refractivity contribution in [2.24, 2.45) is 11.8 Å². The normalized spacial score (nSPS) is 18.3. The highest BCUT2D eigenvalue weighted by Gasteiger charge is 2.31. The lowest BCUT2D eigenvalue weighted by Crippen LogP contribution is -2.42. The molecule has 3 aromatic rings. The SMILES string of the molecule is COc1ccc2nccc(C(=O)CCC3CCN(CCSc4ncccc4F)CC3CC(=O)O)c2c1. The van der Waals surface area contributed by atoms with E-state index in [1.807, 2.05) is 18.2 Å². The van der Waals surface area contributed by atoms with Gasteiger partial charge in [-0.1, -0.05) is 0 Å². The molecule has 3 heterocycles. The van der Waals surface area contributed by atoms with Crippen LogP contribution in [0.25, 0.3) is 10.9 Å². The number of halogens is 1. The van der Waals surface area contributed by atoms with Crippen molar-refractivity contribution in [3.63, 3.8) is 0 Å². The van der Waals surface area contributed by atoms with Crippen LogP contribution in [-0.4, -0.2) is 64.2 Å².